The van der Waals surface area contributed by atoms with Gasteiger partial charge in [0.25, 0.3) is 0 Å². The molecule has 5 rings (SSSR count). The molecule has 0 aliphatic heterocycles. The average molecular weight is 495 g/mol. The highest BCUT2D eigenvalue weighted by molar-refractivity contribution is 6.12. The van der Waals surface area contributed by atoms with Crippen molar-refractivity contribution in [2.24, 2.45) is 0 Å². The van der Waals surface area contributed by atoms with Crippen LogP contribution in [-0.4, -0.2) is 33.2 Å². The maximum atomic E-state index is 13.5. The Morgan fingerprint density at radius 3 is 1.73 bits per heavy atom. The Morgan fingerprint density at radius 1 is 0.622 bits per heavy atom. The molecule has 4 aromatic carbocycles. The van der Waals surface area contributed by atoms with E-state index in [0.29, 0.717) is 23.0 Å². The number of rotatable bonds is 8. The number of benzene rings is 4. The number of ether oxygens (including phenoxy) is 4. The van der Waals surface area contributed by atoms with Crippen molar-refractivity contribution in [3.8, 4) is 23.0 Å². The fourth-order valence-corrected chi connectivity index (χ4v) is 5.43. The van der Waals surface area contributed by atoms with Crippen LogP contribution in [-0.2, 0) is 0 Å². The minimum Gasteiger partial charge on any atom is -0.493 e. The molecule has 0 unspecified atom stereocenters. The first-order chi connectivity index (χ1) is 18.1. The minimum atomic E-state index is -0.297. The molecule has 0 fully saturated rings. The molecule has 2 atom stereocenters. The van der Waals surface area contributed by atoms with E-state index in [0.717, 1.165) is 27.8 Å². The van der Waals surface area contributed by atoms with E-state index in [1.54, 1.807) is 21.3 Å². The van der Waals surface area contributed by atoms with Crippen LogP contribution in [0.2, 0.25) is 0 Å². The third kappa shape index (κ3) is 4.42. The normalized spacial score (nSPS) is 14.2. The summed E-state index contributed by atoms with van der Waals surface area (Å²) < 4.78 is 23.4. The third-order valence-electron chi connectivity index (χ3n) is 7.12. The Hall–Kier alpha value is -4.25. The number of methoxy groups -OCH3 is 3. The van der Waals surface area contributed by atoms with Crippen molar-refractivity contribution in [3.05, 3.63) is 119 Å². The monoisotopic (exact) mass is 494 g/mol. The number of fused-ring (bicyclic) bond motifs is 2. The highest BCUT2D eigenvalue weighted by Gasteiger charge is 2.39. The Kier molecular flexibility index (Phi) is 6.87. The zero-order chi connectivity index (χ0) is 25.9. The summed E-state index contributed by atoms with van der Waals surface area (Å²) in [7, 11) is 4.90. The van der Waals surface area contributed by atoms with Crippen LogP contribution >= 0.6 is 0 Å². The first kappa shape index (κ1) is 24.4. The molecule has 0 spiro atoms. The Bertz CT molecular complexity index is 1380. The number of hydrogen-bond donors (Lipinski definition) is 0. The van der Waals surface area contributed by atoms with Crippen molar-refractivity contribution in [1.82, 2.24) is 0 Å². The predicted molar refractivity (Wildman–Crippen MR) is 144 cm³/mol. The molecule has 1 aliphatic rings. The predicted octanol–water partition coefficient (Wildman–Crippen LogP) is 6.64. The highest BCUT2D eigenvalue weighted by Crippen LogP contribution is 2.48. The van der Waals surface area contributed by atoms with Crippen molar-refractivity contribution < 1.29 is 23.7 Å². The van der Waals surface area contributed by atoms with Gasteiger partial charge in [-0.15, -0.1) is 0 Å². The van der Waals surface area contributed by atoms with E-state index in [2.05, 4.69) is 25.1 Å². The molecule has 37 heavy (non-hydrogen) atoms. The quantitative estimate of drug-likeness (QED) is 0.275. The number of hydrogen-bond acceptors (Lipinski definition) is 5. The maximum absolute atomic E-state index is 13.5. The molecule has 4 aromatic rings. The number of carbonyl (C=O) groups excluding carboxylic acids is 1. The second kappa shape index (κ2) is 10.4. The number of para-hydroxylation sites is 2. The third-order valence-corrected chi connectivity index (χ3v) is 7.12. The molecular weight excluding hydrogens is 464 g/mol. The van der Waals surface area contributed by atoms with Crippen molar-refractivity contribution in [1.29, 1.82) is 0 Å². The fraction of sp³-hybridized carbons (Fsp3) is 0.219. The summed E-state index contributed by atoms with van der Waals surface area (Å²) in [6.45, 7) is 2.06. The SMILES string of the molecule is COc1ccc([C@H](C2c3ccccc3C(=O)c3ccccc32)[C@@H](C)Oc2ccccc2OC)cc1OC. The first-order valence-corrected chi connectivity index (χ1v) is 12.3. The van der Waals surface area contributed by atoms with Gasteiger partial charge in [-0.2, -0.15) is 0 Å². The summed E-state index contributed by atoms with van der Waals surface area (Å²) in [4.78, 5) is 13.5. The van der Waals surface area contributed by atoms with Gasteiger partial charge in [-0.3, -0.25) is 4.79 Å². The highest BCUT2D eigenvalue weighted by atomic mass is 16.5. The van der Waals surface area contributed by atoms with Gasteiger partial charge < -0.3 is 18.9 Å². The Balaban J connectivity index is 1.71. The second-order valence-electron chi connectivity index (χ2n) is 9.10. The molecule has 0 saturated heterocycles. The lowest BCUT2D eigenvalue weighted by Gasteiger charge is -2.37. The molecule has 0 N–H and O–H groups in total. The van der Waals surface area contributed by atoms with Crippen LogP contribution < -0.4 is 18.9 Å². The summed E-state index contributed by atoms with van der Waals surface area (Å²) in [5, 5.41) is 0. The van der Waals surface area contributed by atoms with Gasteiger partial charge in [0.1, 0.15) is 6.10 Å². The van der Waals surface area contributed by atoms with Crippen molar-refractivity contribution >= 4 is 5.78 Å². The molecule has 0 radical (unpaired) electrons. The molecule has 0 bridgehead atoms. The van der Waals surface area contributed by atoms with Gasteiger partial charge >= 0.3 is 0 Å². The van der Waals surface area contributed by atoms with E-state index in [1.807, 2.05) is 72.8 Å². The lowest BCUT2D eigenvalue weighted by atomic mass is 9.68. The molecule has 0 heterocycles. The summed E-state index contributed by atoms with van der Waals surface area (Å²) in [5.41, 5.74) is 4.44. The molecule has 0 saturated carbocycles. The molecule has 0 aromatic heterocycles. The van der Waals surface area contributed by atoms with Crippen LogP contribution in [0.3, 0.4) is 0 Å². The fourth-order valence-electron chi connectivity index (χ4n) is 5.43. The van der Waals surface area contributed by atoms with E-state index < -0.39 is 0 Å². The van der Waals surface area contributed by atoms with E-state index in [4.69, 9.17) is 18.9 Å². The van der Waals surface area contributed by atoms with E-state index in [1.165, 1.54) is 0 Å². The largest absolute Gasteiger partial charge is 0.493 e. The van der Waals surface area contributed by atoms with Crippen molar-refractivity contribution in [2.75, 3.05) is 21.3 Å². The van der Waals surface area contributed by atoms with Crippen molar-refractivity contribution in [3.63, 3.8) is 0 Å². The molecule has 5 heteroatoms. The van der Waals surface area contributed by atoms with Crippen LogP contribution in [0.1, 0.15) is 51.4 Å². The van der Waals surface area contributed by atoms with Gasteiger partial charge in [-0.1, -0.05) is 66.7 Å². The average Bonchev–Trinajstić information content (AvgIpc) is 2.95. The van der Waals surface area contributed by atoms with E-state index in [-0.39, 0.29) is 23.7 Å². The Labute approximate surface area is 217 Å². The van der Waals surface area contributed by atoms with Crippen LogP contribution in [0.4, 0.5) is 0 Å². The summed E-state index contributed by atoms with van der Waals surface area (Å²) in [6, 6.07) is 29.4. The maximum Gasteiger partial charge on any atom is 0.193 e. The van der Waals surface area contributed by atoms with E-state index in [9.17, 15) is 4.79 Å². The van der Waals surface area contributed by atoms with Gasteiger partial charge in [0.2, 0.25) is 0 Å². The first-order valence-electron chi connectivity index (χ1n) is 12.3. The topological polar surface area (TPSA) is 54.0 Å². The van der Waals surface area contributed by atoms with Crippen molar-refractivity contribution in [2.45, 2.75) is 24.9 Å². The summed E-state index contributed by atoms with van der Waals surface area (Å²) in [5.74, 6) is 2.38. The van der Waals surface area contributed by atoms with Gasteiger partial charge in [0.05, 0.1) is 21.3 Å². The minimum absolute atomic E-state index is 0.0480. The lowest BCUT2D eigenvalue weighted by molar-refractivity contribution is 0.102. The molecule has 188 valence electrons. The standard InChI is InChI=1S/C32H30O5/c1-20(37-28-16-10-9-15-26(28)34-2)30(21-17-18-27(35-3)29(19-21)36-4)31-22-11-5-7-13-24(22)32(33)25-14-8-6-12-23(25)31/h5-20,30-31H,1-4H3/t20-,30-/m1/s1. The van der Waals surface area contributed by atoms with Gasteiger partial charge in [-0.25, -0.2) is 0 Å². The zero-order valence-electron chi connectivity index (χ0n) is 21.4. The van der Waals surface area contributed by atoms with Crippen LogP contribution in [0, 0.1) is 0 Å². The molecule has 5 nitrogen and oxygen atoms in total. The second-order valence-corrected chi connectivity index (χ2v) is 9.10. The molecule has 1 aliphatic carbocycles. The number of ketones is 1. The van der Waals surface area contributed by atoms with Crippen LogP contribution in [0.15, 0.2) is 91.0 Å². The van der Waals surface area contributed by atoms with Gasteiger partial charge in [0, 0.05) is 23.0 Å². The molecular formula is C32H30O5. The summed E-state index contributed by atoms with van der Waals surface area (Å²) in [6.07, 6.45) is -0.297. The van der Waals surface area contributed by atoms with Gasteiger partial charge in [-0.05, 0) is 47.9 Å². The Morgan fingerprint density at radius 2 is 1.14 bits per heavy atom. The number of carbonyl (C=O) groups is 1. The lowest BCUT2D eigenvalue weighted by Crippen LogP contribution is -2.32. The van der Waals surface area contributed by atoms with Crippen LogP contribution in [0.25, 0.3) is 0 Å². The van der Waals surface area contributed by atoms with Crippen LogP contribution in [0.5, 0.6) is 23.0 Å². The zero-order valence-corrected chi connectivity index (χ0v) is 21.4. The van der Waals surface area contributed by atoms with E-state index >= 15 is 0 Å². The summed E-state index contributed by atoms with van der Waals surface area (Å²) >= 11 is 0. The van der Waals surface area contributed by atoms with Gasteiger partial charge in [0.15, 0.2) is 28.8 Å². The smallest absolute Gasteiger partial charge is 0.193 e. The molecule has 0 amide bonds.